The molecule has 1 saturated heterocycles. The van der Waals surface area contributed by atoms with Gasteiger partial charge in [0, 0.05) is 19.7 Å². The number of imidazole rings is 1. The van der Waals surface area contributed by atoms with Crippen LogP contribution in [-0.4, -0.2) is 44.7 Å². The lowest BCUT2D eigenvalue weighted by atomic mass is 9.99. The molecule has 0 aliphatic carbocycles. The molecule has 0 bridgehead atoms. The Kier molecular flexibility index (Phi) is 2.64. The number of fused-ring (bicyclic) bond motifs is 1. The van der Waals surface area contributed by atoms with Crippen molar-refractivity contribution in [1.29, 1.82) is 0 Å². The Morgan fingerprint density at radius 2 is 2.35 bits per heavy atom. The third-order valence-corrected chi connectivity index (χ3v) is 3.28. The summed E-state index contributed by atoms with van der Waals surface area (Å²) in [4.78, 5) is 17.8. The Morgan fingerprint density at radius 3 is 3.24 bits per heavy atom. The molecule has 2 aromatic rings. The molecule has 2 N–H and O–H groups in total. The molecule has 1 aliphatic heterocycles. The van der Waals surface area contributed by atoms with Gasteiger partial charge < -0.3 is 15.0 Å². The minimum Gasteiger partial charge on any atom is -0.396 e. The third kappa shape index (κ3) is 1.84. The van der Waals surface area contributed by atoms with Crippen LogP contribution < -0.4 is 4.90 Å². The van der Waals surface area contributed by atoms with Crippen LogP contribution in [0.25, 0.3) is 11.2 Å². The van der Waals surface area contributed by atoms with Crippen molar-refractivity contribution < 1.29 is 5.11 Å². The molecule has 0 amide bonds. The van der Waals surface area contributed by atoms with Crippen LogP contribution in [0.15, 0.2) is 12.7 Å². The van der Waals surface area contributed by atoms with E-state index in [2.05, 4.69) is 24.8 Å². The fourth-order valence-electron chi connectivity index (χ4n) is 2.40. The maximum atomic E-state index is 9.25. The van der Waals surface area contributed by atoms with E-state index in [1.165, 1.54) is 0 Å². The third-order valence-electron chi connectivity index (χ3n) is 3.28. The topological polar surface area (TPSA) is 77.9 Å². The number of aromatic nitrogens is 4. The van der Waals surface area contributed by atoms with E-state index in [0.717, 1.165) is 37.3 Å². The van der Waals surface area contributed by atoms with Crippen LogP contribution in [-0.2, 0) is 0 Å². The zero-order valence-electron chi connectivity index (χ0n) is 9.50. The highest BCUT2D eigenvalue weighted by molar-refractivity contribution is 5.82. The summed E-state index contributed by atoms with van der Waals surface area (Å²) in [5.74, 6) is 1.24. The van der Waals surface area contributed by atoms with E-state index >= 15 is 0 Å². The molecule has 6 heteroatoms. The maximum Gasteiger partial charge on any atom is 0.182 e. The summed E-state index contributed by atoms with van der Waals surface area (Å²) >= 11 is 0. The Balaban J connectivity index is 1.94. The fourth-order valence-corrected chi connectivity index (χ4v) is 2.40. The van der Waals surface area contributed by atoms with Crippen molar-refractivity contribution in [2.45, 2.75) is 12.8 Å². The standard InChI is InChI=1S/C11H15N5O/c17-5-8-2-1-3-16(4-8)11-9-10(13-6-12-9)14-7-15-11/h6-8,17H,1-5H2,(H,12,13,14,15). The average Bonchev–Trinajstić information content (AvgIpc) is 2.87. The number of H-pyrrole nitrogens is 1. The highest BCUT2D eigenvalue weighted by Gasteiger charge is 2.22. The van der Waals surface area contributed by atoms with Gasteiger partial charge in [0.2, 0.25) is 0 Å². The van der Waals surface area contributed by atoms with Gasteiger partial charge in [0.25, 0.3) is 0 Å². The quantitative estimate of drug-likeness (QED) is 0.792. The normalized spacial score (nSPS) is 21.0. The number of aliphatic hydroxyl groups is 1. The van der Waals surface area contributed by atoms with E-state index in [-0.39, 0.29) is 6.61 Å². The molecule has 0 radical (unpaired) electrons. The number of nitrogens with one attached hydrogen (secondary N) is 1. The highest BCUT2D eigenvalue weighted by atomic mass is 16.3. The summed E-state index contributed by atoms with van der Waals surface area (Å²) in [5, 5.41) is 9.25. The predicted octanol–water partition coefficient (Wildman–Crippen LogP) is 0.562. The summed E-state index contributed by atoms with van der Waals surface area (Å²) in [6, 6.07) is 0. The summed E-state index contributed by atoms with van der Waals surface area (Å²) < 4.78 is 0. The van der Waals surface area contributed by atoms with Crippen LogP contribution >= 0.6 is 0 Å². The van der Waals surface area contributed by atoms with Gasteiger partial charge in [0.05, 0.1) is 6.33 Å². The first kappa shape index (κ1) is 10.5. The molecule has 1 atom stereocenters. The maximum absolute atomic E-state index is 9.25. The van der Waals surface area contributed by atoms with Crippen LogP contribution in [0.5, 0.6) is 0 Å². The summed E-state index contributed by atoms with van der Waals surface area (Å²) in [6.45, 7) is 2.07. The van der Waals surface area contributed by atoms with Gasteiger partial charge in [-0.3, -0.25) is 0 Å². The van der Waals surface area contributed by atoms with Gasteiger partial charge in [-0.15, -0.1) is 0 Å². The van der Waals surface area contributed by atoms with Crippen molar-refractivity contribution in [2.24, 2.45) is 5.92 Å². The predicted molar refractivity (Wildman–Crippen MR) is 63.7 cm³/mol. The molecule has 90 valence electrons. The lowest BCUT2D eigenvalue weighted by molar-refractivity contribution is 0.208. The Hall–Kier alpha value is -1.69. The fraction of sp³-hybridized carbons (Fsp3) is 0.545. The number of anilines is 1. The molecule has 6 nitrogen and oxygen atoms in total. The second kappa shape index (κ2) is 4.29. The zero-order chi connectivity index (χ0) is 11.7. The van der Waals surface area contributed by atoms with Crippen molar-refractivity contribution in [2.75, 3.05) is 24.6 Å². The molecule has 1 aliphatic rings. The highest BCUT2D eigenvalue weighted by Crippen LogP contribution is 2.25. The van der Waals surface area contributed by atoms with Crippen molar-refractivity contribution in [3.8, 4) is 0 Å². The van der Waals surface area contributed by atoms with E-state index in [4.69, 9.17) is 0 Å². The van der Waals surface area contributed by atoms with Crippen LogP contribution in [0, 0.1) is 5.92 Å². The monoisotopic (exact) mass is 233 g/mol. The van der Waals surface area contributed by atoms with E-state index < -0.39 is 0 Å². The van der Waals surface area contributed by atoms with E-state index in [9.17, 15) is 5.11 Å². The van der Waals surface area contributed by atoms with Gasteiger partial charge >= 0.3 is 0 Å². The number of piperidine rings is 1. The van der Waals surface area contributed by atoms with Crippen LogP contribution in [0.4, 0.5) is 5.82 Å². The molecule has 3 heterocycles. The lowest BCUT2D eigenvalue weighted by Crippen LogP contribution is -2.37. The number of hydrogen-bond donors (Lipinski definition) is 2. The van der Waals surface area contributed by atoms with E-state index in [1.807, 2.05) is 0 Å². The Bertz CT molecular complexity index is 511. The Morgan fingerprint density at radius 1 is 1.41 bits per heavy atom. The molecule has 0 spiro atoms. The van der Waals surface area contributed by atoms with Crippen molar-refractivity contribution >= 4 is 17.0 Å². The number of aliphatic hydroxyl groups excluding tert-OH is 1. The van der Waals surface area contributed by atoms with Crippen molar-refractivity contribution in [3.05, 3.63) is 12.7 Å². The molecule has 1 fully saturated rings. The molecule has 0 aromatic carbocycles. The van der Waals surface area contributed by atoms with Crippen LogP contribution in [0.3, 0.4) is 0 Å². The van der Waals surface area contributed by atoms with Gasteiger partial charge in [-0.05, 0) is 18.8 Å². The lowest BCUT2D eigenvalue weighted by Gasteiger charge is -2.32. The molecule has 1 unspecified atom stereocenters. The minimum atomic E-state index is 0.244. The number of nitrogens with zero attached hydrogens (tertiary/aromatic N) is 4. The summed E-state index contributed by atoms with van der Waals surface area (Å²) in [5.41, 5.74) is 1.58. The SMILES string of the molecule is OCC1CCCN(c2ncnc3nc[nH]c23)C1. The minimum absolute atomic E-state index is 0.244. The van der Waals surface area contributed by atoms with Crippen molar-refractivity contribution in [1.82, 2.24) is 19.9 Å². The number of rotatable bonds is 2. The van der Waals surface area contributed by atoms with E-state index in [1.54, 1.807) is 12.7 Å². The first-order chi connectivity index (χ1) is 8.38. The van der Waals surface area contributed by atoms with Gasteiger partial charge in [0.15, 0.2) is 11.5 Å². The molecule has 2 aromatic heterocycles. The van der Waals surface area contributed by atoms with Gasteiger partial charge in [-0.25, -0.2) is 15.0 Å². The summed E-state index contributed by atoms with van der Waals surface area (Å²) in [7, 11) is 0. The van der Waals surface area contributed by atoms with E-state index in [0.29, 0.717) is 11.6 Å². The van der Waals surface area contributed by atoms with Crippen molar-refractivity contribution in [3.63, 3.8) is 0 Å². The first-order valence-corrected chi connectivity index (χ1v) is 5.88. The number of hydrogen-bond acceptors (Lipinski definition) is 5. The number of aromatic amines is 1. The molecule has 17 heavy (non-hydrogen) atoms. The smallest absolute Gasteiger partial charge is 0.182 e. The van der Waals surface area contributed by atoms with Gasteiger partial charge in [-0.1, -0.05) is 0 Å². The largest absolute Gasteiger partial charge is 0.396 e. The second-order valence-electron chi connectivity index (χ2n) is 4.44. The molecular formula is C11H15N5O. The second-order valence-corrected chi connectivity index (χ2v) is 4.44. The van der Waals surface area contributed by atoms with Crippen LogP contribution in [0.1, 0.15) is 12.8 Å². The molecule has 0 saturated carbocycles. The first-order valence-electron chi connectivity index (χ1n) is 5.88. The van der Waals surface area contributed by atoms with Gasteiger partial charge in [0.1, 0.15) is 11.8 Å². The Labute approximate surface area is 98.7 Å². The average molecular weight is 233 g/mol. The summed E-state index contributed by atoms with van der Waals surface area (Å²) in [6.07, 6.45) is 5.35. The van der Waals surface area contributed by atoms with Crippen LogP contribution in [0.2, 0.25) is 0 Å². The molecule has 3 rings (SSSR count). The van der Waals surface area contributed by atoms with Gasteiger partial charge in [-0.2, -0.15) is 0 Å². The zero-order valence-corrected chi connectivity index (χ0v) is 9.50. The molecular weight excluding hydrogens is 218 g/mol.